The number of carbonyl (C=O) groups is 1. The highest BCUT2D eigenvalue weighted by atomic mass is 16.5. The van der Waals surface area contributed by atoms with E-state index in [1.165, 1.54) is 0 Å². The van der Waals surface area contributed by atoms with Crippen molar-refractivity contribution in [3.8, 4) is 0 Å². The van der Waals surface area contributed by atoms with E-state index in [-0.39, 0.29) is 12.5 Å². The molecule has 0 fully saturated rings. The maximum atomic E-state index is 10.7. The van der Waals surface area contributed by atoms with Crippen LogP contribution in [0.15, 0.2) is 30.3 Å². The van der Waals surface area contributed by atoms with Gasteiger partial charge in [-0.2, -0.15) is 0 Å². The van der Waals surface area contributed by atoms with Crippen LogP contribution in [-0.4, -0.2) is 19.1 Å². The van der Waals surface area contributed by atoms with Crippen LogP contribution in [0.5, 0.6) is 0 Å². The van der Waals surface area contributed by atoms with Crippen molar-refractivity contribution in [3.63, 3.8) is 0 Å². The van der Waals surface area contributed by atoms with Gasteiger partial charge in [-0.3, -0.25) is 4.79 Å². The molecule has 0 atom stereocenters. The molecule has 0 unspecified atom stereocenters. The van der Waals surface area contributed by atoms with Crippen molar-refractivity contribution < 1.29 is 9.53 Å². The van der Waals surface area contributed by atoms with Crippen molar-refractivity contribution in [1.29, 1.82) is 0 Å². The lowest BCUT2D eigenvalue weighted by Crippen LogP contribution is -2.17. The summed E-state index contributed by atoms with van der Waals surface area (Å²) in [6, 6.07) is 9.86. The molecule has 0 saturated heterocycles. The summed E-state index contributed by atoms with van der Waals surface area (Å²) < 4.78 is 4.83. The van der Waals surface area contributed by atoms with Crippen LogP contribution in [0.1, 0.15) is 5.56 Å². The molecule has 0 bridgehead atoms. The zero-order valence-corrected chi connectivity index (χ0v) is 7.40. The van der Waals surface area contributed by atoms with Gasteiger partial charge in [0, 0.05) is 6.42 Å². The molecule has 3 heteroatoms. The van der Waals surface area contributed by atoms with Gasteiger partial charge in [0.1, 0.15) is 0 Å². The molecule has 0 spiro atoms. The van der Waals surface area contributed by atoms with E-state index < -0.39 is 0 Å². The molecule has 0 heterocycles. The Morgan fingerprint density at radius 1 is 1.31 bits per heavy atom. The fourth-order valence-corrected chi connectivity index (χ4v) is 0.986. The number of hydrogen-bond acceptors (Lipinski definition) is 3. The number of ether oxygens (including phenoxy) is 1. The standard InChI is InChI=1S/C10H13NO2/c11-8-10(12)13-7-6-9-4-2-1-3-5-9/h1-5H,6-8,11H2. The van der Waals surface area contributed by atoms with E-state index >= 15 is 0 Å². The molecule has 1 aromatic rings. The Labute approximate surface area is 77.5 Å². The highest BCUT2D eigenvalue weighted by Crippen LogP contribution is 1.99. The first kappa shape index (κ1) is 9.74. The highest BCUT2D eigenvalue weighted by molar-refractivity contribution is 5.71. The van der Waals surface area contributed by atoms with Gasteiger partial charge in [-0.25, -0.2) is 0 Å². The third kappa shape index (κ3) is 3.71. The second-order valence-electron chi connectivity index (χ2n) is 2.66. The first-order chi connectivity index (χ1) is 6.33. The van der Waals surface area contributed by atoms with Crippen LogP contribution in [0.2, 0.25) is 0 Å². The van der Waals surface area contributed by atoms with Crippen LogP contribution in [0, 0.1) is 0 Å². The minimum Gasteiger partial charge on any atom is -0.464 e. The zero-order chi connectivity index (χ0) is 9.52. The summed E-state index contributed by atoms with van der Waals surface area (Å²) in [6.45, 7) is 0.356. The van der Waals surface area contributed by atoms with Gasteiger partial charge in [0.05, 0.1) is 13.2 Å². The molecule has 0 aliphatic carbocycles. The number of rotatable bonds is 4. The van der Waals surface area contributed by atoms with Crippen LogP contribution in [0.3, 0.4) is 0 Å². The Hall–Kier alpha value is -1.35. The second-order valence-corrected chi connectivity index (χ2v) is 2.66. The van der Waals surface area contributed by atoms with E-state index in [1.54, 1.807) is 0 Å². The predicted octanol–water partition coefficient (Wildman–Crippen LogP) is 0.731. The monoisotopic (exact) mass is 179 g/mol. The maximum absolute atomic E-state index is 10.7. The molecular formula is C10H13NO2. The largest absolute Gasteiger partial charge is 0.464 e. The summed E-state index contributed by atoms with van der Waals surface area (Å²) in [5, 5.41) is 0. The molecule has 0 aliphatic rings. The maximum Gasteiger partial charge on any atom is 0.319 e. The molecule has 0 radical (unpaired) electrons. The average Bonchev–Trinajstić information content (AvgIpc) is 2.19. The Morgan fingerprint density at radius 2 is 2.00 bits per heavy atom. The second kappa shape index (κ2) is 5.32. The van der Waals surface area contributed by atoms with Gasteiger partial charge in [-0.05, 0) is 5.56 Å². The number of carbonyl (C=O) groups excluding carboxylic acids is 1. The number of esters is 1. The summed E-state index contributed by atoms with van der Waals surface area (Å²) in [6.07, 6.45) is 0.743. The highest BCUT2D eigenvalue weighted by Gasteiger charge is 1.97. The molecule has 3 nitrogen and oxygen atoms in total. The number of hydrogen-bond donors (Lipinski definition) is 1. The molecule has 13 heavy (non-hydrogen) atoms. The molecule has 0 amide bonds. The van der Waals surface area contributed by atoms with E-state index in [9.17, 15) is 4.79 Å². The van der Waals surface area contributed by atoms with Crippen LogP contribution in [0.4, 0.5) is 0 Å². The summed E-state index contributed by atoms with van der Waals surface area (Å²) in [5.41, 5.74) is 6.24. The van der Waals surface area contributed by atoms with Crippen molar-refractivity contribution in [2.75, 3.05) is 13.2 Å². The summed E-state index contributed by atoms with van der Waals surface area (Å²) in [7, 11) is 0. The van der Waals surface area contributed by atoms with Gasteiger partial charge in [0.15, 0.2) is 0 Å². The Balaban J connectivity index is 2.24. The van der Waals surface area contributed by atoms with Crippen molar-refractivity contribution in [3.05, 3.63) is 35.9 Å². The quantitative estimate of drug-likeness (QED) is 0.693. The summed E-state index contributed by atoms with van der Waals surface area (Å²) >= 11 is 0. The van der Waals surface area contributed by atoms with Gasteiger partial charge in [-0.15, -0.1) is 0 Å². The Morgan fingerprint density at radius 3 is 2.62 bits per heavy atom. The fraction of sp³-hybridized carbons (Fsp3) is 0.300. The normalized spacial score (nSPS) is 9.62. The van der Waals surface area contributed by atoms with Gasteiger partial charge in [0.2, 0.25) is 0 Å². The summed E-state index contributed by atoms with van der Waals surface area (Å²) in [4.78, 5) is 10.7. The summed E-state index contributed by atoms with van der Waals surface area (Å²) in [5.74, 6) is -0.351. The van der Waals surface area contributed by atoms with Crippen LogP contribution in [0.25, 0.3) is 0 Å². The molecule has 0 aromatic heterocycles. The SMILES string of the molecule is NCC(=O)OCCc1ccccc1. The molecule has 1 aromatic carbocycles. The van der Waals surface area contributed by atoms with E-state index in [1.807, 2.05) is 30.3 Å². The lowest BCUT2D eigenvalue weighted by molar-refractivity contribution is -0.141. The van der Waals surface area contributed by atoms with Crippen molar-refractivity contribution in [2.45, 2.75) is 6.42 Å². The zero-order valence-electron chi connectivity index (χ0n) is 7.40. The molecular weight excluding hydrogens is 166 g/mol. The third-order valence-electron chi connectivity index (χ3n) is 1.66. The van der Waals surface area contributed by atoms with Gasteiger partial charge in [0.25, 0.3) is 0 Å². The van der Waals surface area contributed by atoms with E-state index in [0.29, 0.717) is 6.61 Å². The average molecular weight is 179 g/mol. The Bertz CT molecular complexity index is 259. The van der Waals surface area contributed by atoms with Gasteiger partial charge in [-0.1, -0.05) is 30.3 Å². The lowest BCUT2D eigenvalue weighted by Gasteiger charge is -2.02. The van der Waals surface area contributed by atoms with E-state index in [4.69, 9.17) is 10.5 Å². The smallest absolute Gasteiger partial charge is 0.319 e. The van der Waals surface area contributed by atoms with E-state index in [2.05, 4.69) is 0 Å². The van der Waals surface area contributed by atoms with Gasteiger partial charge >= 0.3 is 5.97 Å². The molecule has 0 aliphatic heterocycles. The van der Waals surface area contributed by atoms with Gasteiger partial charge < -0.3 is 10.5 Å². The van der Waals surface area contributed by atoms with Crippen LogP contribution >= 0.6 is 0 Å². The van der Waals surface area contributed by atoms with Crippen molar-refractivity contribution >= 4 is 5.97 Å². The first-order valence-corrected chi connectivity index (χ1v) is 4.22. The van der Waals surface area contributed by atoms with Crippen molar-refractivity contribution in [2.24, 2.45) is 5.73 Å². The van der Waals surface area contributed by atoms with Crippen molar-refractivity contribution in [1.82, 2.24) is 0 Å². The molecule has 1 rings (SSSR count). The molecule has 0 saturated carbocycles. The third-order valence-corrected chi connectivity index (χ3v) is 1.66. The minimum atomic E-state index is -0.351. The fourth-order valence-electron chi connectivity index (χ4n) is 0.986. The molecule has 70 valence electrons. The topological polar surface area (TPSA) is 52.3 Å². The predicted molar refractivity (Wildman–Crippen MR) is 50.2 cm³/mol. The first-order valence-electron chi connectivity index (χ1n) is 4.22. The van der Waals surface area contributed by atoms with E-state index in [0.717, 1.165) is 12.0 Å². The number of nitrogens with two attached hydrogens (primary N) is 1. The Kier molecular flexibility index (Phi) is 3.99. The minimum absolute atomic E-state index is 0.0468. The van der Waals surface area contributed by atoms with Crippen LogP contribution in [-0.2, 0) is 16.0 Å². The lowest BCUT2D eigenvalue weighted by atomic mass is 10.2. The van der Waals surface area contributed by atoms with Crippen LogP contribution < -0.4 is 5.73 Å². The molecule has 2 N–H and O–H groups in total. The number of benzene rings is 1.